The summed E-state index contributed by atoms with van der Waals surface area (Å²) in [6.07, 6.45) is 2.94. The van der Waals surface area contributed by atoms with Crippen molar-refractivity contribution in [2.24, 2.45) is 0 Å². The van der Waals surface area contributed by atoms with Gasteiger partial charge >= 0.3 is 0 Å². The van der Waals surface area contributed by atoms with Gasteiger partial charge in [-0.2, -0.15) is 0 Å². The minimum Gasteiger partial charge on any atom is -0.501 e. The molecule has 58 valence electrons. The minimum atomic E-state index is 0.135. The molecule has 0 heterocycles. The Morgan fingerprint density at radius 2 is 2.10 bits per heavy atom. The first-order valence-corrected chi connectivity index (χ1v) is 3.30. The summed E-state index contributed by atoms with van der Waals surface area (Å²) in [7, 11) is 0. The Hall–Kier alpha value is -0.990. The second kappa shape index (κ2) is 6.13. The van der Waals surface area contributed by atoms with Crippen LogP contribution in [0.15, 0.2) is 12.3 Å². The van der Waals surface area contributed by atoms with Crippen molar-refractivity contribution in [2.45, 2.75) is 13.8 Å². The Balaban J connectivity index is 3.36. The maximum absolute atomic E-state index is 7.08. The Kier molecular flexibility index (Phi) is 5.53. The third kappa shape index (κ3) is 5.15. The van der Waals surface area contributed by atoms with Crippen LogP contribution in [0.4, 0.5) is 0 Å². The van der Waals surface area contributed by atoms with Gasteiger partial charge in [-0.25, -0.2) is 0 Å². The van der Waals surface area contributed by atoms with Crippen molar-refractivity contribution in [3.05, 3.63) is 12.3 Å². The Bertz CT molecular complexity index is 121. The molecule has 0 spiro atoms. The number of nitrogens with one attached hydrogen (secondary N) is 1. The molecule has 0 aliphatic heterocycles. The van der Waals surface area contributed by atoms with E-state index >= 15 is 0 Å². The normalized spacial score (nSPS) is 9.80. The van der Waals surface area contributed by atoms with E-state index in [0.717, 1.165) is 0 Å². The summed E-state index contributed by atoms with van der Waals surface area (Å²) in [6, 6.07) is 0. The van der Waals surface area contributed by atoms with Crippen LogP contribution in [0, 0.1) is 5.41 Å². The highest BCUT2D eigenvalue weighted by atomic mass is 16.5. The van der Waals surface area contributed by atoms with Crippen molar-refractivity contribution in [1.82, 2.24) is 0 Å². The van der Waals surface area contributed by atoms with E-state index in [1.54, 1.807) is 0 Å². The topological polar surface area (TPSA) is 42.3 Å². The molecule has 0 unspecified atom stereocenters. The quantitative estimate of drug-likeness (QED) is 0.368. The molecule has 0 atom stereocenters. The standard InChI is InChI=1S/C7H13NO2/c1-3-9-6-5-7(8)10-4-2/h5-6,8H,3-4H2,1-2H3. The van der Waals surface area contributed by atoms with Gasteiger partial charge in [0, 0.05) is 6.08 Å². The third-order valence-corrected chi connectivity index (χ3v) is 0.782. The maximum atomic E-state index is 7.08. The zero-order chi connectivity index (χ0) is 7.82. The average Bonchev–Trinajstić information content (AvgIpc) is 1.89. The van der Waals surface area contributed by atoms with Gasteiger partial charge < -0.3 is 9.47 Å². The van der Waals surface area contributed by atoms with Gasteiger partial charge in [-0.15, -0.1) is 0 Å². The summed E-state index contributed by atoms with van der Waals surface area (Å²) < 4.78 is 9.65. The summed E-state index contributed by atoms with van der Waals surface area (Å²) >= 11 is 0. The molecule has 0 radical (unpaired) electrons. The van der Waals surface area contributed by atoms with Crippen LogP contribution in [0.25, 0.3) is 0 Å². The first-order valence-electron chi connectivity index (χ1n) is 3.30. The van der Waals surface area contributed by atoms with Crippen molar-refractivity contribution < 1.29 is 9.47 Å². The third-order valence-electron chi connectivity index (χ3n) is 0.782. The van der Waals surface area contributed by atoms with E-state index in [1.165, 1.54) is 12.3 Å². The van der Waals surface area contributed by atoms with Crippen molar-refractivity contribution >= 4 is 5.90 Å². The lowest BCUT2D eigenvalue weighted by atomic mass is 10.6. The summed E-state index contributed by atoms with van der Waals surface area (Å²) in [5.74, 6) is 0.135. The van der Waals surface area contributed by atoms with Crippen molar-refractivity contribution in [3.8, 4) is 0 Å². The number of ether oxygens (including phenoxy) is 2. The summed E-state index contributed by atoms with van der Waals surface area (Å²) in [4.78, 5) is 0. The van der Waals surface area contributed by atoms with E-state index in [2.05, 4.69) is 0 Å². The van der Waals surface area contributed by atoms with Crippen LogP contribution in [0.2, 0.25) is 0 Å². The molecule has 0 rings (SSSR count). The lowest BCUT2D eigenvalue weighted by molar-refractivity contribution is 0.267. The Morgan fingerprint density at radius 1 is 1.40 bits per heavy atom. The molecule has 3 nitrogen and oxygen atoms in total. The minimum absolute atomic E-state index is 0.135. The molecule has 0 bridgehead atoms. The van der Waals surface area contributed by atoms with Crippen molar-refractivity contribution in [3.63, 3.8) is 0 Å². The number of rotatable bonds is 4. The van der Waals surface area contributed by atoms with Gasteiger partial charge in [0.1, 0.15) is 0 Å². The zero-order valence-corrected chi connectivity index (χ0v) is 6.39. The smallest absolute Gasteiger partial charge is 0.208 e. The molecule has 0 aliphatic rings. The van der Waals surface area contributed by atoms with Gasteiger partial charge in [-0.1, -0.05) is 0 Å². The van der Waals surface area contributed by atoms with Crippen LogP contribution in [0.1, 0.15) is 13.8 Å². The predicted molar refractivity (Wildman–Crippen MR) is 40.1 cm³/mol. The monoisotopic (exact) mass is 143 g/mol. The van der Waals surface area contributed by atoms with Crippen LogP contribution in [-0.2, 0) is 9.47 Å². The molecule has 1 N–H and O–H groups in total. The van der Waals surface area contributed by atoms with E-state index in [4.69, 9.17) is 14.9 Å². The first-order chi connectivity index (χ1) is 4.81. The fourth-order valence-corrected chi connectivity index (χ4v) is 0.410. The molecule has 0 aliphatic carbocycles. The van der Waals surface area contributed by atoms with Crippen LogP contribution >= 0.6 is 0 Å². The van der Waals surface area contributed by atoms with Crippen molar-refractivity contribution in [1.29, 1.82) is 5.41 Å². The predicted octanol–water partition coefficient (Wildman–Crippen LogP) is 1.55. The number of hydrogen-bond donors (Lipinski definition) is 1. The summed E-state index contributed by atoms with van der Waals surface area (Å²) in [6.45, 7) is 4.86. The largest absolute Gasteiger partial charge is 0.501 e. The summed E-state index contributed by atoms with van der Waals surface area (Å²) in [5, 5.41) is 7.08. The molecule has 0 saturated heterocycles. The SMILES string of the molecule is CCOC=CC(=N)OCC. The lowest BCUT2D eigenvalue weighted by Crippen LogP contribution is -1.98. The van der Waals surface area contributed by atoms with Gasteiger partial charge in [0.15, 0.2) is 0 Å². The van der Waals surface area contributed by atoms with E-state index in [0.29, 0.717) is 13.2 Å². The van der Waals surface area contributed by atoms with Gasteiger partial charge in [-0.05, 0) is 13.8 Å². The molecule has 0 aromatic heterocycles. The van der Waals surface area contributed by atoms with Crippen molar-refractivity contribution in [2.75, 3.05) is 13.2 Å². The van der Waals surface area contributed by atoms with Crippen LogP contribution < -0.4 is 0 Å². The maximum Gasteiger partial charge on any atom is 0.208 e. The number of hydrogen-bond acceptors (Lipinski definition) is 3. The van der Waals surface area contributed by atoms with E-state index in [9.17, 15) is 0 Å². The molecule has 0 amide bonds. The second-order valence-corrected chi connectivity index (χ2v) is 1.56. The molecule has 10 heavy (non-hydrogen) atoms. The van der Waals surface area contributed by atoms with Gasteiger partial charge in [0.05, 0.1) is 19.5 Å². The van der Waals surface area contributed by atoms with E-state index < -0.39 is 0 Å². The second-order valence-electron chi connectivity index (χ2n) is 1.56. The van der Waals surface area contributed by atoms with E-state index in [-0.39, 0.29) is 5.90 Å². The van der Waals surface area contributed by atoms with Gasteiger partial charge in [-0.3, -0.25) is 5.41 Å². The molecular formula is C7H13NO2. The molecular weight excluding hydrogens is 130 g/mol. The van der Waals surface area contributed by atoms with Crippen LogP contribution in [0.3, 0.4) is 0 Å². The van der Waals surface area contributed by atoms with E-state index in [1.807, 2.05) is 13.8 Å². The molecule has 0 fully saturated rings. The summed E-state index contributed by atoms with van der Waals surface area (Å²) in [5.41, 5.74) is 0. The fraction of sp³-hybridized carbons (Fsp3) is 0.571. The molecule has 0 aromatic rings. The average molecular weight is 143 g/mol. The molecule has 3 heteroatoms. The first kappa shape index (κ1) is 9.01. The Labute approximate surface area is 61.2 Å². The van der Waals surface area contributed by atoms with Crippen LogP contribution in [-0.4, -0.2) is 19.1 Å². The zero-order valence-electron chi connectivity index (χ0n) is 6.39. The Morgan fingerprint density at radius 3 is 2.60 bits per heavy atom. The highest BCUT2D eigenvalue weighted by Crippen LogP contribution is 1.82. The van der Waals surface area contributed by atoms with Crippen LogP contribution in [0.5, 0.6) is 0 Å². The fourth-order valence-electron chi connectivity index (χ4n) is 0.410. The van der Waals surface area contributed by atoms with Gasteiger partial charge in [0.2, 0.25) is 5.90 Å². The van der Waals surface area contributed by atoms with Gasteiger partial charge in [0.25, 0.3) is 0 Å². The lowest BCUT2D eigenvalue weighted by Gasteiger charge is -1.97. The highest BCUT2D eigenvalue weighted by Gasteiger charge is 1.85. The molecule has 0 aromatic carbocycles. The highest BCUT2D eigenvalue weighted by molar-refractivity contribution is 5.84. The molecule has 0 saturated carbocycles.